The molecule has 0 heterocycles. The van der Waals surface area contributed by atoms with E-state index in [2.05, 4.69) is 22.8 Å². The van der Waals surface area contributed by atoms with Crippen molar-refractivity contribution in [3.05, 3.63) is 23.8 Å². The van der Waals surface area contributed by atoms with Crippen LogP contribution in [0.15, 0.2) is 23.3 Å². The fourth-order valence-electron chi connectivity index (χ4n) is 2.83. The zero-order valence-corrected chi connectivity index (χ0v) is 16.0. The van der Waals surface area contributed by atoms with Gasteiger partial charge < -0.3 is 14.8 Å². The molecule has 0 bridgehead atoms. The third-order valence-corrected chi connectivity index (χ3v) is 4.26. The Morgan fingerprint density at radius 3 is 2.72 bits per heavy atom. The summed E-state index contributed by atoms with van der Waals surface area (Å²) in [5, 5.41) is 8.14. The Balaban J connectivity index is 1.88. The minimum atomic E-state index is 0.475. The van der Waals surface area contributed by atoms with Crippen molar-refractivity contribution in [3.63, 3.8) is 0 Å². The molecule has 6 heteroatoms. The summed E-state index contributed by atoms with van der Waals surface area (Å²) in [6.07, 6.45) is 8.94. The van der Waals surface area contributed by atoms with Crippen LogP contribution in [0.25, 0.3) is 0 Å². The van der Waals surface area contributed by atoms with Crippen LogP contribution < -0.4 is 20.2 Å². The van der Waals surface area contributed by atoms with Gasteiger partial charge in [0.2, 0.25) is 0 Å². The van der Waals surface area contributed by atoms with E-state index in [-0.39, 0.29) is 0 Å². The quantitative estimate of drug-likeness (QED) is 0.415. The average Bonchev–Trinajstić information content (AvgIpc) is 2.62. The highest BCUT2D eigenvalue weighted by Crippen LogP contribution is 2.28. The molecule has 0 atom stereocenters. The molecular weight excluding hydrogens is 334 g/mol. The van der Waals surface area contributed by atoms with Crippen molar-refractivity contribution in [2.75, 3.05) is 13.2 Å². The monoisotopic (exact) mass is 363 g/mol. The van der Waals surface area contributed by atoms with Gasteiger partial charge in [-0.1, -0.05) is 26.2 Å². The molecular formula is C19H29N3O2S. The molecule has 1 aliphatic rings. The Morgan fingerprint density at radius 1 is 1.20 bits per heavy atom. The molecule has 5 nitrogen and oxygen atoms in total. The first-order chi connectivity index (χ1) is 12.2. The number of benzene rings is 1. The van der Waals surface area contributed by atoms with Crippen LogP contribution in [0.4, 0.5) is 0 Å². The van der Waals surface area contributed by atoms with Gasteiger partial charge in [0.25, 0.3) is 0 Å². The Hall–Kier alpha value is -1.82. The van der Waals surface area contributed by atoms with Crippen molar-refractivity contribution in [1.82, 2.24) is 10.7 Å². The molecule has 25 heavy (non-hydrogen) atoms. The fraction of sp³-hybridized carbons (Fsp3) is 0.579. The predicted octanol–water partition coefficient (Wildman–Crippen LogP) is 4.00. The second-order valence-electron chi connectivity index (χ2n) is 6.17. The van der Waals surface area contributed by atoms with Gasteiger partial charge in [0, 0.05) is 6.04 Å². The van der Waals surface area contributed by atoms with Gasteiger partial charge in [-0.3, -0.25) is 5.43 Å². The lowest BCUT2D eigenvalue weighted by Gasteiger charge is -2.23. The summed E-state index contributed by atoms with van der Waals surface area (Å²) in [7, 11) is 0. The van der Waals surface area contributed by atoms with Crippen LogP contribution in [0.3, 0.4) is 0 Å². The second kappa shape index (κ2) is 10.9. The van der Waals surface area contributed by atoms with Gasteiger partial charge in [-0.2, -0.15) is 5.10 Å². The van der Waals surface area contributed by atoms with Gasteiger partial charge >= 0.3 is 0 Å². The van der Waals surface area contributed by atoms with Gasteiger partial charge in [0.15, 0.2) is 16.6 Å². The molecule has 1 aliphatic carbocycles. The Morgan fingerprint density at radius 2 is 2.00 bits per heavy atom. The molecule has 138 valence electrons. The predicted molar refractivity (Wildman–Crippen MR) is 107 cm³/mol. The van der Waals surface area contributed by atoms with Crippen molar-refractivity contribution in [2.45, 2.75) is 58.4 Å². The van der Waals surface area contributed by atoms with E-state index in [0.29, 0.717) is 24.4 Å². The second-order valence-corrected chi connectivity index (χ2v) is 6.57. The van der Waals surface area contributed by atoms with Crippen molar-refractivity contribution in [3.8, 4) is 11.5 Å². The summed E-state index contributed by atoms with van der Waals surface area (Å²) in [6.45, 7) is 5.31. The summed E-state index contributed by atoms with van der Waals surface area (Å²) >= 11 is 5.31. The number of hydrogen-bond acceptors (Lipinski definition) is 4. The lowest BCUT2D eigenvalue weighted by molar-refractivity contribution is 0.277. The molecule has 0 unspecified atom stereocenters. The van der Waals surface area contributed by atoms with E-state index < -0.39 is 0 Å². The summed E-state index contributed by atoms with van der Waals surface area (Å²) in [6, 6.07) is 6.28. The highest BCUT2D eigenvalue weighted by Gasteiger charge is 2.13. The van der Waals surface area contributed by atoms with Crippen LogP contribution in [0.1, 0.15) is 57.9 Å². The Bertz CT molecular complexity index is 572. The maximum atomic E-state index is 5.71. The molecule has 0 spiro atoms. The van der Waals surface area contributed by atoms with Gasteiger partial charge in [-0.25, -0.2) is 0 Å². The average molecular weight is 364 g/mol. The highest BCUT2D eigenvalue weighted by atomic mass is 32.1. The summed E-state index contributed by atoms with van der Waals surface area (Å²) in [4.78, 5) is 0. The minimum absolute atomic E-state index is 0.475. The number of nitrogens with zero attached hydrogens (tertiary/aromatic N) is 1. The van der Waals surface area contributed by atoms with E-state index in [4.69, 9.17) is 21.7 Å². The third kappa shape index (κ3) is 6.90. The van der Waals surface area contributed by atoms with E-state index in [1.165, 1.54) is 32.1 Å². The van der Waals surface area contributed by atoms with E-state index in [1.807, 2.05) is 25.1 Å². The van der Waals surface area contributed by atoms with Crippen LogP contribution in [0, 0.1) is 0 Å². The normalized spacial score (nSPS) is 15.1. The SMILES string of the molecule is CCCOc1ccc(/C=N/NC(=S)NC2CCCCC2)cc1OCC. The zero-order chi connectivity index (χ0) is 17.9. The molecule has 0 amide bonds. The van der Waals surface area contributed by atoms with E-state index in [1.54, 1.807) is 6.21 Å². The topological polar surface area (TPSA) is 54.9 Å². The lowest BCUT2D eigenvalue weighted by atomic mass is 9.96. The van der Waals surface area contributed by atoms with E-state index >= 15 is 0 Å². The molecule has 0 saturated heterocycles. The van der Waals surface area contributed by atoms with Crippen LogP contribution in [-0.2, 0) is 0 Å². The van der Waals surface area contributed by atoms with Crippen molar-refractivity contribution < 1.29 is 9.47 Å². The number of hydrogen-bond donors (Lipinski definition) is 2. The first-order valence-electron chi connectivity index (χ1n) is 9.22. The van der Waals surface area contributed by atoms with Crippen LogP contribution in [-0.4, -0.2) is 30.6 Å². The van der Waals surface area contributed by atoms with Crippen molar-refractivity contribution in [1.29, 1.82) is 0 Å². The van der Waals surface area contributed by atoms with Crippen LogP contribution in [0.5, 0.6) is 11.5 Å². The van der Waals surface area contributed by atoms with E-state index in [0.717, 1.165) is 23.5 Å². The van der Waals surface area contributed by atoms with Crippen LogP contribution >= 0.6 is 12.2 Å². The molecule has 0 radical (unpaired) electrons. The molecule has 0 aromatic heterocycles. The minimum Gasteiger partial charge on any atom is -0.490 e. The molecule has 1 aromatic rings. The third-order valence-electron chi connectivity index (χ3n) is 4.05. The molecule has 2 N–H and O–H groups in total. The van der Waals surface area contributed by atoms with Crippen molar-refractivity contribution in [2.24, 2.45) is 5.10 Å². The van der Waals surface area contributed by atoms with Crippen LogP contribution in [0.2, 0.25) is 0 Å². The van der Waals surface area contributed by atoms with Gasteiger partial charge in [0.05, 0.1) is 19.4 Å². The first kappa shape index (κ1) is 19.5. The molecule has 1 aromatic carbocycles. The fourth-order valence-corrected chi connectivity index (χ4v) is 3.05. The smallest absolute Gasteiger partial charge is 0.187 e. The largest absolute Gasteiger partial charge is 0.490 e. The van der Waals surface area contributed by atoms with E-state index in [9.17, 15) is 0 Å². The standard InChI is InChI=1S/C19H29N3O2S/c1-3-12-24-17-11-10-15(13-18(17)23-4-2)14-20-22-19(25)21-16-8-6-5-7-9-16/h10-11,13-14,16H,3-9,12H2,1-2H3,(H2,21,22,25)/b20-14+. The van der Waals surface area contributed by atoms with Crippen molar-refractivity contribution >= 4 is 23.5 Å². The van der Waals surface area contributed by atoms with Gasteiger partial charge in [-0.05, 0) is 62.2 Å². The number of hydrazone groups is 1. The summed E-state index contributed by atoms with van der Waals surface area (Å²) < 4.78 is 11.4. The number of thiocarbonyl (C=S) groups is 1. The Kier molecular flexibility index (Phi) is 8.52. The Labute approximate surface area is 156 Å². The lowest BCUT2D eigenvalue weighted by Crippen LogP contribution is -2.40. The molecule has 1 fully saturated rings. The first-order valence-corrected chi connectivity index (χ1v) is 9.63. The number of ether oxygens (including phenoxy) is 2. The summed E-state index contributed by atoms with van der Waals surface area (Å²) in [5.74, 6) is 1.51. The maximum absolute atomic E-state index is 5.71. The van der Waals surface area contributed by atoms with Gasteiger partial charge in [0.1, 0.15) is 0 Å². The highest BCUT2D eigenvalue weighted by molar-refractivity contribution is 7.80. The maximum Gasteiger partial charge on any atom is 0.187 e. The zero-order valence-electron chi connectivity index (χ0n) is 15.2. The molecule has 1 saturated carbocycles. The summed E-state index contributed by atoms with van der Waals surface area (Å²) in [5.41, 5.74) is 3.83. The molecule has 0 aliphatic heterocycles. The molecule has 2 rings (SSSR count). The number of rotatable bonds is 8. The van der Waals surface area contributed by atoms with Gasteiger partial charge in [-0.15, -0.1) is 0 Å². The number of nitrogens with one attached hydrogen (secondary N) is 2.